The van der Waals surface area contributed by atoms with Crippen LogP contribution in [0.25, 0.3) is 0 Å². The fourth-order valence-electron chi connectivity index (χ4n) is 1.50. The lowest BCUT2D eigenvalue weighted by Gasteiger charge is -2.11. The van der Waals surface area contributed by atoms with Crippen LogP contribution in [0, 0.1) is 5.82 Å². The maximum Gasteiger partial charge on any atom is 0.244 e. The van der Waals surface area contributed by atoms with Gasteiger partial charge < -0.3 is 5.32 Å². The van der Waals surface area contributed by atoms with E-state index >= 15 is 0 Å². The second-order valence-electron chi connectivity index (χ2n) is 4.30. The van der Waals surface area contributed by atoms with E-state index in [4.69, 9.17) is 0 Å². The van der Waals surface area contributed by atoms with Gasteiger partial charge in [0.25, 0.3) is 0 Å². The predicted molar refractivity (Wildman–Crippen MR) is 74.8 cm³/mol. The molecule has 0 saturated carbocycles. The highest BCUT2D eigenvalue weighted by Crippen LogP contribution is 2.17. The second-order valence-corrected chi connectivity index (χ2v) is 6.45. The fraction of sp³-hybridized carbons (Fsp3) is 0.154. The van der Waals surface area contributed by atoms with Gasteiger partial charge in [-0.2, -0.15) is 0 Å². The van der Waals surface area contributed by atoms with Crippen molar-refractivity contribution in [3.8, 4) is 0 Å². The molecule has 1 heterocycles. The molecule has 0 aliphatic carbocycles. The van der Waals surface area contributed by atoms with E-state index in [0.717, 1.165) is 4.31 Å². The molecule has 0 radical (unpaired) electrons. The van der Waals surface area contributed by atoms with E-state index in [9.17, 15) is 12.8 Å². The zero-order valence-electron chi connectivity index (χ0n) is 11.0. The number of benzene rings is 1. The zero-order valence-corrected chi connectivity index (χ0v) is 11.9. The summed E-state index contributed by atoms with van der Waals surface area (Å²) in [4.78, 5) is 4.15. The summed E-state index contributed by atoms with van der Waals surface area (Å²) in [6, 6.07) is 8.82. The van der Waals surface area contributed by atoms with E-state index in [1.54, 1.807) is 18.2 Å². The Labute approximate surface area is 117 Å². The molecular formula is C13H14FN3O2S. The molecule has 7 heteroatoms. The summed E-state index contributed by atoms with van der Waals surface area (Å²) in [6.45, 7) is 0. The Kier molecular flexibility index (Phi) is 4.01. The van der Waals surface area contributed by atoms with Crippen LogP contribution < -0.4 is 5.32 Å². The van der Waals surface area contributed by atoms with Crippen LogP contribution in [-0.4, -0.2) is 31.8 Å². The van der Waals surface area contributed by atoms with Crippen molar-refractivity contribution in [2.24, 2.45) is 0 Å². The Bertz CT molecular complexity index is 683. The molecule has 1 aromatic carbocycles. The first kappa shape index (κ1) is 14.4. The van der Waals surface area contributed by atoms with Crippen LogP contribution >= 0.6 is 0 Å². The van der Waals surface area contributed by atoms with E-state index in [1.807, 2.05) is 0 Å². The van der Waals surface area contributed by atoms with Gasteiger partial charge in [-0.15, -0.1) is 0 Å². The Morgan fingerprint density at radius 3 is 2.25 bits per heavy atom. The molecule has 0 amide bonds. The van der Waals surface area contributed by atoms with E-state index in [2.05, 4.69) is 10.3 Å². The molecule has 20 heavy (non-hydrogen) atoms. The van der Waals surface area contributed by atoms with Crippen LogP contribution in [0.5, 0.6) is 0 Å². The molecule has 0 unspecified atom stereocenters. The predicted octanol–water partition coefficient (Wildman–Crippen LogP) is 2.21. The number of hydrogen-bond donors (Lipinski definition) is 1. The Hall–Kier alpha value is -1.99. The molecule has 1 aromatic heterocycles. The standard InChI is InChI=1S/C13H14FN3O2S/c1-17(2)20(18,19)12-7-8-13(15-9-12)16-11-5-3-10(14)4-6-11/h3-9H,1-2H3,(H,15,16). The minimum atomic E-state index is -3.48. The summed E-state index contributed by atoms with van der Waals surface area (Å²) < 4.78 is 37.6. The molecule has 0 atom stereocenters. The summed E-state index contributed by atoms with van der Waals surface area (Å²) in [5.74, 6) is 0.158. The summed E-state index contributed by atoms with van der Waals surface area (Å²) >= 11 is 0. The van der Waals surface area contributed by atoms with Gasteiger partial charge in [-0.1, -0.05) is 0 Å². The van der Waals surface area contributed by atoms with Crippen molar-refractivity contribution < 1.29 is 12.8 Å². The van der Waals surface area contributed by atoms with Gasteiger partial charge >= 0.3 is 0 Å². The molecule has 0 spiro atoms. The van der Waals surface area contributed by atoms with Gasteiger partial charge in [0.05, 0.1) is 0 Å². The van der Waals surface area contributed by atoms with Crippen LogP contribution in [-0.2, 0) is 10.0 Å². The third kappa shape index (κ3) is 3.12. The lowest BCUT2D eigenvalue weighted by molar-refractivity contribution is 0.520. The van der Waals surface area contributed by atoms with Crippen LogP contribution in [0.15, 0.2) is 47.5 Å². The van der Waals surface area contributed by atoms with Crippen LogP contribution in [0.2, 0.25) is 0 Å². The largest absolute Gasteiger partial charge is 0.340 e. The van der Waals surface area contributed by atoms with Gasteiger partial charge in [0.2, 0.25) is 10.0 Å². The molecule has 1 N–H and O–H groups in total. The van der Waals surface area contributed by atoms with Crippen molar-refractivity contribution in [2.45, 2.75) is 4.90 Å². The lowest BCUT2D eigenvalue weighted by Crippen LogP contribution is -2.22. The van der Waals surface area contributed by atoms with Crippen LogP contribution in [0.3, 0.4) is 0 Å². The monoisotopic (exact) mass is 295 g/mol. The van der Waals surface area contributed by atoms with Crippen LogP contribution in [0.1, 0.15) is 0 Å². The van der Waals surface area contributed by atoms with Crippen molar-refractivity contribution in [1.29, 1.82) is 0 Å². The average Bonchev–Trinajstić information content (AvgIpc) is 2.42. The Morgan fingerprint density at radius 2 is 1.75 bits per heavy atom. The maximum absolute atomic E-state index is 12.8. The van der Waals surface area contributed by atoms with Gasteiger partial charge in [0, 0.05) is 26.0 Å². The lowest BCUT2D eigenvalue weighted by atomic mass is 10.3. The van der Waals surface area contributed by atoms with Gasteiger partial charge in [0.1, 0.15) is 16.5 Å². The minimum Gasteiger partial charge on any atom is -0.340 e. The zero-order chi connectivity index (χ0) is 14.8. The van der Waals surface area contributed by atoms with Gasteiger partial charge in [0.15, 0.2) is 0 Å². The number of hydrogen-bond acceptors (Lipinski definition) is 4. The molecule has 2 rings (SSSR count). The molecule has 106 valence electrons. The molecular weight excluding hydrogens is 281 g/mol. The van der Waals surface area contributed by atoms with Crippen molar-refractivity contribution in [3.63, 3.8) is 0 Å². The van der Waals surface area contributed by atoms with Crippen LogP contribution in [0.4, 0.5) is 15.9 Å². The third-order valence-electron chi connectivity index (χ3n) is 2.63. The topological polar surface area (TPSA) is 62.3 Å². The summed E-state index contributed by atoms with van der Waals surface area (Å²) in [5, 5.41) is 2.95. The van der Waals surface area contributed by atoms with E-state index in [1.165, 1.54) is 38.5 Å². The number of pyridine rings is 1. The number of nitrogens with zero attached hydrogens (tertiary/aromatic N) is 2. The maximum atomic E-state index is 12.8. The van der Waals surface area contributed by atoms with E-state index < -0.39 is 10.0 Å². The van der Waals surface area contributed by atoms with Crippen molar-refractivity contribution in [1.82, 2.24) is 9.29 Å². The van der Waals surface area contributed by atoms with E-state index in [0.29, 0.717) is 11.5 Å². The number of anilines is 2. The van der Waals surface area contributed by atoms with Gasteiger partial charge in [-0.05, 0) is 36.4 Å². The second kappa shape index (κ2) is 5.56. The number of aromatic nitrogens is 1. The molecule has 0 bridgehead atoms. The summed E-state index contributed by atoms with van der Waals surface area (Å²) in [6.07, 6.45) is 1.28. The average molecular weight is 295 g/mol. The van der Waals surface area contributed by atoms with E-state index in [-0.39, 0.29) is 10.7 Å². The van der Waals surface area contributed by atoms with Crippen molar-refractivity contribution >= 4 is 21.5 Å². The highest BCUT2D eigenvalue weighted by molar-refractivity contribution is 7.89. The molecule has 0 saturated heterocycles. The first-order valence-corrected chi connectivity index (χ1v) is 7.25. The van der Waals surface area contributed by atoms with Gasteiger partial charge in [-0.3, -0.25) is 0 Å². The molecule has 2 aromatic rings. The fourth-order valence-corrected chi connectivity index (χ4v) is 2.35. The Morgan fingerprint density at radius 1 is 1.10 bits per heavy atom. The first-order valence-electron chi connectivity index (χ1n) is 5.81. The molecule has 0 aliphatic heterocycles. The van der Waals surface area contributed by atoms with Crippen molar-refractivity contribution in [3.05, 3.63) is 48.4 Å². The number of halogens is 1. The molecule has 0 aliphatic rings. The van der Waals surface area contributed by atoms with Crippen molar-refractivity contribution in [2.75, 3.05) is 19.4 Å². The van der Waals surface area contributed by atoms with Gasteiger partial charge in [-0.25, -0.2) is 22.1 Å². The SMILES string of the molecule is CN(C)S(=O)(=O)c1ccc(Nc2ccc(F)cc2)nc1. The minimum absolute atomic E-state index is 0.118. The quantitative estimate of drug-likeness (QED) is 0.939. The smallest absolute Gasteiger partial charge is 0.244 e. The summed E-state index contributed by atoms with van der Waals surface area (Å²) in [7, 11) is -0.562. The Balaban J connectivity index is 2.19. The number of sulfonamides is 1. The highest BCUT2D eigenvalue weighted by Gasteiger charge is 2.17. The normalized spacial score (nSPS) is 11.6. The number of nitrogens with one attached hydrogen (secondary N) is 1. The summed E-state index contributed by atoms with van der Waals surface area (Å²) in [5.41, 5.74) is 0.669. The first-order chi connectivity index (χ1) is 9.39. The molecule has 0 fully saturated rings. The molecule has 5 nitrogen and oxygen atoms in total. The number of rotatable bonds is 4. The third-order valence-corrected chi connectivity index (χ3v) is 4.43. The highest BCUT2D eigenvalue weighted by atomic mass is 32.2.